The zero-order valence-electron chi connectivity index (χ0n) is 7.27. The zero-order valence-corrected chi connectivity index (χ0v) is 8.08. The number of rotatable bonds is 2. The van der Waals surface area contributed by atoms with E-state index in [9.17, 15) is 8.42 Å². The fraction of sp³-hybridized carbons (Fsp3) is 0.111. The van der Waals surface area contributed by atoms with E-state index in [2.05, 4.69) is 0 Å². The molecule has 1 aromatic rings. The normalized spacial score (nSPS) is 12.1. The van der Waals surface area contributed by atoms with Crippen molar-refractivity contribution in [3.05, 3.63) is 35.2 Å². The van der Waals surface area contributed by atoms with Crippen LogP contribution in [0.1, 0.15) is 5.56 Å². The minimum atomic E-state index is -3.06. The van der Waals surface area contributed by atoms with Gasteiger partial charge in [0.1, 0.15) is 0 Å². The molecule has 0 aliphatic rings. The van der Waals surface area contributed by atoms with E-state index >= 15 is 0 Å². The van der Waals surface area contributed by atoms with Gasteiger partial charge in [0.25, 0.3) is 0 Å². The van der Waals surface area contributed by atoms with Crippen LogP contribution in [0.15, 0.2) is 29.7 Å². The number of nitrogens with two attached hydrogens (primary N) is 1. The standard InChI is InChI=1S/C9H11NO2S/c1-13(11,12)6-5-8-3-2-4-9(10)7-8/h2-7H,10H2,1H3. The van der Waals surface area contributed by atoms with Crippen LogP contribution in [0.3, 0.4) is 0 Å². The van der Waals surface area contributed by atoms with E-state index < -0.39 is 9.84 Å². The van der Waals surface area contributed by atoms with Gasteiger partial charge in [0.15, 0.2) is 9.84 Å². The molecule has 0 atom stereocenters. The van der Waals surface area contributed by atoms with Gasteiger partial charge in [0.2, 0.25) is 0 Å². The summed E-state index contributed by atoms with van der Waals surface area (Å²) in [5.41, 5.74) is 6.92. The van der Waals surface area contributed by atoms with Crippen molar-refractivity contribution in [1.29, 1.82) is 0 Å². The molecule has 0 unspecified atom stereocenters. The topological polar surface area (TPSA) is 60.2 Å². The van der Waals surface area contributed by atoms with Gasteiger partial charge in [-0.3, -0.25) is 0 Å². The summed E-state index contributed by atoms with van der Waals surface area (Å²) in [5, 5.41) is 1.15. The molecule has 0 aromatic heterocycles. The third-order valence-corrected chi connectivity index (χ3v) is 2.05. The van der Waals surface area contributed by atoms with Crippen LogP contribution in [-0.4, -0.2) is 14.7 Å². The predicted molar refractivity (Wildman–Crippen MR) is 54.7 cm³/mol. The van der Waals surface area contributed by atoms with Gasteiger partial charge in [-0.05, 0) is 23.8 Å². The number of sulfone groups is 1. The van der Waals surface area contributed by atoms with E-state index in [1.807, 2.05) is 0 Å². The van der Waals surface area contributed by atoms with Gasteiger partial charge in [-0.1, -0.05) is 12.1 Å². The average molecular weight is 197 g/mol. The summed E-state index contributed by atoms with van der Waals surface area (Å²) in [7, 11) is -3.06. The van der Waals surface area contributed by atoms with Crippen LogP contribution in [0.4, 0.5) is 5.69 Å². The van der Waals surface area contributed by atoms with Crippen molar-refractivity contribution in [2.45, 2.75) is 0 Å². The summed E-state index contributed by atoms with van der Waals surface area (Å²) in [4.78, 5) is 0. The first-order valence-electron chi connectivity index (χ1n) is 3.71. The third kappa shape index (κ3) is 3.75. The number of hydrogen-bond donors (Lipinski definition) is 1. The van der Waals surface area contributed by atoms with Gasteiger partial charge in [-0.15, -0.1) is 0 Å². The number of hydrogen-bond acceptors (Lipinski definition) is 3. The zero-order chi connectivity index (χ0) is 9.90. The van der Waals surface area contributed by atoms with Crippen molar-refractivity contribution in [1.82, 2.24) is 0 Å². The van der Waals surface area contributed by atoms with Crippen LogP contribution >= 0.6 is 0 Å². The Bertz CT molecular complexity index is 421. The predicted octanol–water partition coefficient (Wildman–Crippen LogP) is 1.28. The maximum atomic E-state index is 10.8. The van der Waals surface area contributed by atoms with Crippen LogP contribution in [-0.2, 0) is 9.84 Å². The van der Waals surface area contributed by atoms with Crippen LogP contribution in [0.2, 0.25) is 0 Å². The van der Waals surface area contributed by atoms with Gasteiger partial charge in [-0.25, -0.2) is 8.42 Å². The molecule has 0 saturated carbocycles. The highest BCUT2D eigenvalue weighted by atomic mass is 32.2. The molecule has 70 valence electrons. The second-order valence-corrected chi connectivity index (χ2v) is 4.73. The second-order valence-electron chi connectivity index (χ2n) is 2.80. The van der Waals surface area contributed by atoms with Crippen LogP contribution in [0.25, 0.3) is 6.08 Å². The summed E-state index contributed by atoms with van der Waals surface area (Å²) in [5.74, 6) is 0. The Morgan fingerprint density at radius 2 is 2.08 bits per heavy atom. The molecule has 0 spiro atoms. The fourth-order valence-electron chi connectivity index (χ4n) is 0.865. The highest BCUT2D eigenvalue weighted by Gasteiger charge is 1.93. The van der Waals surface area contributed by atoms with Gasteiger partial charge >= 0.3 is 0 Å². The summed E-state index contributed by atoms with van der Waals surface area (Å²) < 4.78 is 21.5. The molecule has 3 nitrogen and oxygen atoms in total. The van der Waals surface area contributed by atoms with Crippen LogP contribution in [0.5, 0.6) is 0 Å². The fourth-order valence-corrected chi connectivity index (χ4v) is 1.27. The maximum Gasteiger partial charge on any atom is 0.168 e. The number of nitrogen functional groups attached to an aromatic ring is 1. The van der Waals surface area contributed by atoms with Gasteiger partial charge < -0.3 is 5.73 Å². The Morgan fingerprint density at radius 1 is 1.38 bits per heavy atom. The minimum absolute atomic E-state index is 0.621. The van der Waals surface area contributed by atoms with E-state index in [0.717, 1.165) is 17.2 Å². The van der Waals surface area contributed by atoms with Crippen LogP contribution in [0, 0.1) is 0 Å². The summed E-state index contributed by atoms with van der Waals surface area (Å²) >= 11 is 0. The van der Waals surface area contributed by atoms with Crippen molar-refractivity contribution >= 4 is 21.6 Å². The Balaban J connectivity index is 2.93. The van der Waals surface area contributed by atoms with Gasteiger partial charge in [0.05, 0.1) is 0 Å². The van der Waals surface area contributed by atoms with E-state index in [1.165, 1.54) is 6.08 Å². The first-order chi connectivity index (χ1) is 5.97. The highest BCUT2D eigenvalue weighted by molar-refractivity contribution is 7.93. The molecule has 0 aliphatic heterocycles. The molecule has 0 heterocycles. The molecular formula is C9H11NO2S. The van der Waals surface area contributed by atoms with E-state index in [1.54, 1.807) is 24.3 Å². The Hall–Kier alpha value is -1.29. The summed E-state index contributed by atoms with van der Waals surface area (Å²) in [6, 6.07) is 7.02. The lowest BCUT2D eigenvalue weighted by atomic mass is 10.2. The lowest BCUT2D eigenvalue weighted by molar-refractivity contribution is 0.610. The van der Waals surface area contributed by atoms with E-state index in [-0.39, 0.29) is 0 Å². The average Bonchev–Trinajstić information content (AvgIpc) is 2.00. The lowest BCUT2D eigenvalue weighted by Crippen LogP contribution is -1.88. The molecule has 0 radical (unpaired) electrons. The van der Waals surface area contributed by atoms with Crippen molar-refractivity contribution in [3.8, 4) is 0 Å². The molecule has 0 saturated heterocycles. The van der Waals surface area contributed by atoms with Crippen molar-refractivity contribution < 1.29 is 8.42 Å². The smallest absolute Gasteiger partial charge is 0.168 e. The first kappa shape index (κ1) is 9.80. The Kier molecular flexibility index (Phi) is 2.72. The third-order valence-electron chi connectivity index (χ3n) is 1.42. The number of benzene rings is 1. The molecule has 0 aliphatic carbocycles. The number of anilines is 1. The minimum Gasteiger partial charge on any atom is -0.399 e. The van der Waals surface area contributed by atoms with Crippen LogP contribution < -0.4 is 5.73 Å². The van der Waals surface area contributed by atoms with Crippen molar-refractivity contribution in [2.75, 3.05) is 12.0 Å². The quantitative estimate of drug-likeness (QED) is 0.726. The van der Waals surface area contributed by atoms with Crippen molar-refractivity contribution in [3.63, 3.8) is 0 Å². The molecule has 0 amide bonds. The molecule has 13 heavy (non-hydrogen) atoms. The SMILES string of the molecule is CS(=O)(=O)C=Cc1cccc(N)c1. The van der Waals surface area contributed by atoms with Crippen molar-refractivity contribution in [2.24, 2.45) is 0 Å². The molecule has 1 rings (SSSR count). The first-order valence-corrected chi connectivity index (χ1v) is 5.66. The summed E-state index contributed by atoms with van der Waals surface area (Å²) in [6.45, 7) is 0. The molecule has 2 N–H and O–H groups in total. The Labute approximate surface area is 77.8 Å². The lowest BCUT2D eigenvalue weighted by Gasteiger charge is -1.94. The monoisotopic (exact) mass is 197 g/mol. The molecule has 0 fully saturated rings. The maximum absolute atomic E-state index is 10.8. The summed E-state index contributed by atoms with van der Waals surface area (Å²) in [6.07, 6.45) is 2.67. The van der Waals surface area contributed by atoms with E-state index in [4.69, 9.17) is 5.73 Å². The van der Waals surface area contributed by atoms with Gasteiger partial charge in [-0.2, -0.15) is 0 Å². The molecule has 1 aromatic carbocycles. The Morgan fingerprint density at radius 3 is 2.62 bits per heavy atom. The van der Waals surface area contributed by atoms with Gasteiger partial charge in [0, 0.05) is 17.4 Å². The highest BCUT2D eigenvalue weighted by Crippen LogP contribution is 2.08. The molecule has 0 bridgehead atoms. The molecular weight excluding hydrogens is 186 g/mol. The largest absolute Gasteiger partial charge is 0.399 e. The second kappa shape index (κ2) is 3.62. The van der Waals surface area contributed by atoms with E-state index in [0.29, 0.717) is 5.69 Å². The molecule has 4 heteroatoms.